The molecule has 0 aliphatic rings. The van der Waals surface area contributed by atoms with Crippen LogP contribution in [0.2, 0.25) is 0 Å². The molecule has 0 unspecified atom stereocenters. The summed E-state index contributed by atoms with van der Waals surface area (Å²) < 4.78 is 15.7. The molecule has 0 spiro atoms. The normalized spacial score (nSPS) is 11.1. The Morgan fingerprint density at radius 3 is 2.32 bits per heavy atom. The van der Waals surface area contributed by atoms with E-state index in [2.05, 4.69) is 0 Å². The lowest BCUT2D eigenvalue weighted by Gasteiger charge is -2.17. The Hall–Kier alpha value is -2.87. The number of carbonyl (C=O) groups is 1. The van der Waals surface area contributed by atoms with E-state index in [0.717, 1.165) is 10.8 Å². The van der Waals surface area contributed by atoms with Crippen molar-refractivity contribution in [1.82, 2.24) is 0 Å². The van der Waals surface area contributed by atoms with E-state index in [9.17, 15) is 15.2 Å². The number of fused-ring (bicyclic) bond motifs is 3. The standard InChI is InChI=1S/C18H17NO6/c1-23-14-9-12(18(20)25-3)15-13(19(21)22)8-10-6-4-5-7-11(10)16(15)17(14)24-2/h4-9,21-22H,1-3H3/p+1. The van der Waals surface area contributed by atoms with Crippen LogP contribution in [0, 0.1) is 0 Å². The molecule has 0 radical (unpaired) electrons. The zero-order valence-electron chi connectivity index (χ0n) is 14.0. The van der Waals surface area contributed by atoms with Crippen molar-refractivity contribution in [3.05, 3.63) is 42.0 Å². The molecule has 0 aliphatic heterocycles. The lowest BCUT2D eigenvalue weighted by Crippen LogP contribution is -3.02. The van der Waals surface area contributed by atoms with Crippen LogP contribution in [0.5, 0.6) is 11.5 Å². The molecule has 3 rings (SSSR count). The van der Waals surface area contributed by atoms with E-state index in [1.807, 2.05) is 24.3 Å². The third-order valence-corrected chi connectivity index (χ3v) is 4.12. The Morgan fingerprint density at radius 1 is 1.00 bits per heavy atom. The summed E-state index contributed by atoms with van der Waals surface area (Å²) in [6.45, 7) is 0. The second-order valence-electron chi connectivity index (χ2n) is 5.37. The molecular formula is C18H18NO6+. The summed E-state index contributed by atoms with van der Waals surface area (Å²) in [6, 6.07) is 10.4. The van der Waals surface area contributed by atoms with Gasteiger partial charge in [-0.2, -0.15) is 10.4 Å². The molecule has 0 saturated heterocycles. The van der Waals surface area contributed by atoms with Crippen LogP contribution in [0.25, 0.3) is 21.5 Å². The van der Waals surface area contributed by atoms with E-state index < -0.39 is 11.2 Å². The maximum atomic E-state index is 12.3. The first-order valence-corrected chi connectivity index (χ1v) is 7.47. The number of ether oxygens (including phenoxy) is 3. The number of carbonyl (C=O) groups excluding carboxylic acids is 1. The Bertz CT molecular complexity index is 967. The molecule has 0 heterocycles. The van der Waals surface area contributed by atoms with Gasteiger partial charge in [-0.3, -0.25) is 0 Å². The fourth-order valence-electron chi connectivity index (χ4n) is 3.06. The van der Waals surface area contributed by atoms with Crippen molar-refractivity contribution >= 4 is 33.2 Å². The summed E-state index contributed by atoms with van der Waals surface area (Å²) >= 11 is 0. The van der Waals surface area contributed by atoms with Crippen LogP contribution in [0.1, 0.15) is 10.4 Å². The molecule has 3 N–H and O–H groups in total. The highest BCUT2D eigenvalue weighted by atomic mass is 16.8. The number of hydrogen-bond acceptors (Lipinski definition) is 6. The highest BCUT2D eigenvalue weighted by Crippen LogP contribution is 2.44. The van der Waals surface area contributed by atoms with Gasteiger partial charge in [0.1, 0.15) is 0 Å². The van der Waals surface area contributed by atoms with Gasteiger partial charge in [0.2, 0.25) is 5.69 Å². The minimum atomic E-state index is -0.895. The average molecular weight is 344 g/mol. The van der Waals surface area contributed by atoms with E-state index >= 15 is 0 Å². The van der Waals surface area contributed by atoms with Crippen molar-refractivity contribution in [3.8, 4) is 11.5 Å². The smallest absolute Gasteiger partial charge is 0.338 e. The van der Waals surface area contributed by atoms with E-state index in [1.165, 1.54) is 27.4 Å². The van der Waals surface area contributed by atoms with E-state index in [-0.39, 0.29) is 11.3 Å². The van der Waals surface area contributed by atoms with Crippen LogP contribution in [-0.4, -0.2) is 37.7 Å². The largest absolute Gasteiger partial charge is 0.493 e. The number of methoxy groups -OCH3 is 3. The minimum absolute atomic E-state index is 0.107. The summed E-state index contributed by atoms with van der Waals surface area (Å²) in [6.07, 6.45) is 0. The molecule has 0 aromatic heterocycles. The summed E-state index contributed by atoms with van der Waals surface area (Å²) in [7, 11) is 4.21. The number of esters is 1. The van der Waals surface area contributed by atoms with Gasteiger partial charge >= 0.3 is 5.97 Å². The predicted octanol–water partition coefficient (Wildman–Crippen LogP) is 2.09. The Balaban J connectivity index is 2.65. The highest BCUT2D eigenvalue weighted by molar-refractivity contribution is 6.21. The van der Waals surface area contributed by atoms with Gasteiger partial charge in [-0.1, -0.05) is 24.3 Å². The third-order valence-electron chi connectivity index (χ3n) is 4.12. The molecule has 25 heavy (non-hydrogen) atoms. The van der Waals surface area contributed by atoms with Crippen LogP contribution < -0.4 is 14.7 Å². The zero-order chi connectivity index (χ0) is 18.1. The summed E-state index contributed by atoms with van der Waals surface area (Å²) in [4.78, 5) is 12.3. The predicted molar refractivity (Wildman–Crippen MR) is 90.1 cm³/mol. The topological polar surface area (TPSA) is 89.7 Å². The molecule has 0 atom stereocenters. The second-order valence-corrected chi connectivity index (χ2v) is 5.37. The van der Waals surface area contributed by atoms with Crippen molar-refractivity contribution in [2.45, 2.75) is 0 Å². The Labute approximate surface area is 143 Å². The number of rotatable bonds is 4. The summed E-state index contributed by atoms with van der Waals surface area (Å²) in [5.74, 6) is 0.114. The average Bonchev–Trinajstić information content (AvgIpc) is 2.64. The van der Waals surface area contributed by atoms with Crippen LogP contribution in [-0.2, 0) is 4.74 Å². The first kappa shape index (κ1) is 17.0. The Morgan fingerprint density at radius 2 is 1.72 bits per heavy atom. The summed E-state index contributed by atoms with van der Waals surface area (Å²) in [5, 5.41) is 21.1. The van der Waals surface area contributed by atoms with Gasteiger partial charge in [0, 0.05) is 11.5 Å². The van der Waals surface area contributed by atoms with Crippen LogP contribution in [0.3, 0.4) is 0 Å². The van der Waals surface area contributed by atoms with E-state index in [1.54, 1.807) is 6.07 Å². The number of benzene rings is 3. The van der Waals surface area contributed by atoms with Crippen LogP contribution >= 0.6 is 0 Å². The first-order valence-electron chi connectivity index (χ1n) is 7.47. The highest BCUT2D eigenvalue weighted by Gasteiger charge is 2.27. The van der Waals surface area contributed by atoms with Gasteiger partial charge in [0.25, 0.3) is 0 Å². The van der Waals surface area contributed by atoms with Gasteiger partial charge in [0.05, 0.1) is 32.3 Å². The maximum absolute atomic E-state index is 12.3. The second kappa shape index (κ2) is 6.56. The maximum Gasteiger partial charge on any atom is 0.338 e. The molecule has 0 bridgehead atoms. The number of quaternary nitrogens is 1. The van der Waals surface area contributed by atoms with Crippen molar-refractivity contribution < 1.29 is 34.6 Å². The fourth-order valence-corrected chi connectivity index (χ4v) is 3.06. The number of hydrogen-bond donors (Lipinski definition) is 3. The number of nitrogens with one attached hydrogen (secondary N) is 1. The van der Waals surface area contributed by atoms with Gasteiger partial charge in [-0.15, -0.1) is 0 Å². The summed E-state index contributed by atoms with van der Waals surface area (Å²) in [5.41, 5.74) is 0.256. The van der Waals surface area contributed by atoms with Crippen LogP contribution in [0.15, 0.2) is 36.4 Å². The lowest BCUT2D eigenvalue weighted by molar-refractivity contribution is -1.19. The SMILES string of the molecule is COC(=O)c1cc(OC)c(OC)c2c1c([NH+](O)O)cc1ccccc12. The van der Waals surface area contributed by atoms with Crippen molar-refractivity contribution in [3.63, 3.8) is 0 Å². The van der Waals surface area contributed by atoms with Gasteiger partial charge in [0.15, 0.2) is 11.5 Å². The quantitative estimate of drug-likeness (QED) is 0.381. The molecule has 0 amide bonds. The van der Waals surface area contributed by atoms with Gasteiger partial charge in [-0.25, -0.2) is 4.79 Å². The molecule has 7 heteroatoms. The van der Waals surface area contributed by atoms with Gasteiger partial charge in [-0.05, 0) is 22.1 Å². The lowest BCUT2D eigenvalue weighted by atomic mass is 9.95. The molecule has 3 aromatic carbocycles. The Kier molecular flexibility index (Phi) is 4.45. The molecule has 0 fully saturated rings. The fraction of sp³-hybridized carbons (Fsp3) is 0.167. The third kappa shape index (κ3) is 2.64. The van der Waals surface area contributed by atoms with Crippen molar-refractivity contribution in [2.75, 3.05) is 21.3 Å². The van der Waals surface area contributed by atoms with E-state index in [4.69, 9.17) is 14.2 Å². The monoisotopic (exact) mass is 344 g/mol. The van der Waals surface area contributed by atoms with E-state index in [0.29, 0.717) is 22.3 Å². The molecule has 130 valence electrons. The van der Waals surface area contributed by atoms with Gasteiger partial charge < -0.3 is 14.2 Å². The molecule has 7 nitrogen and oxygen atoms in total. The molecule has 3 aromatic rings. The van der Waals surface area contributed by atoms with Crippen molar-refractivity contribution in [1.29, 1.82) is 0 Å². The molecule has 0 saturated carbocycles. The zero-order valence-corrected chi connectivity index (χ0v) is 14.0. The first-order chi connectivity index (χ1) is 12.0. The van der Waals surface area contributed by atoms with Crippen LogP contribution in [0.4, 0.5) is 5.69 Å². The van der Waals surface area contributed by atoms with Crippen molar-refractivity contribution in [2.24, 2.45) is 0 Å². The minimum Gasteiger partial charge on any atom is -0.493 e. The molecular weight excluding hydrogens is 326 g/mol. The molecule has 0 aliphatic carbocycles.